The van der Waals surface area contributed by atoms with Crippen LogP contribution >= 0.6 is 0 Å². The Morgan fingerprint density at radius 1 is 0.968 bits per heavy atom. The summed E-state index contributed by atoms with van der Waals surface area (Å²) < 4.78 is 13.2. The number of benzene rings is 1. The number of primary amides is 1. The zero-order valence-corrected chi connectivity index (χ0v) is 16.5. The van der Waals surface area contributed by atoms with E-state index in [-0.39, 0.29) is 29.6 Å². The molecule has 1 aromatic heterocycles. The number of carbonyl (C=O) groups excluding carboxylic acids is 3. The van der Waals surface area contributed by atoms with Gasteiger partial charge in [-0.15, -0.1) is 0 Å². The van der Waals surface area contributed by atoms with Crippen LogP contribution in [0.5, 0.6) is 0 Å². The first kappa shape index (κ1) is 20.4. The minimum Gasteiger partial charge on any atom is -0.368 e. The van der Waals surface area contributed by atoms with Gasteiger partial charge in [0.15, 0.2) is 0 Å². The first-order valence-electron chi connectivity index (χ1n) is 9.70. The van der Waals surface area contributed by atoms with E-state index in [1.807, 2.05) is 0 Å². The Labute approximate surface area is 177 Å². The van der Waals surface area contributed by atoms with E-state index in [0.717, 1.165) is 0 Å². The molecule has 2 aliphatic heterocycles. The number of nitrogens with two attached hydrogens (primary N) is 1. The summed E-state index contributed by atoms with van der Waals surface area (Å²) in [5.41, 5.74) is 6.41. The molecule has 1 aromatic carbocycles. The summed E-state index contributed by atoms with van der Waals surface area (Å²) in [6.45, 7) is 1.33. The fraction of sp³-hybridized carbons (Fsp3) is 0.300. The smallest absolute Gasteiger partial charge is 0.274 e. The number of aromatic nitrogens is 2. The highest BCUT2D eigenvalue weighted by atomic mass is 19.1. The van der Waals surface area contributed by atoms with Gasteiger partial charge in [0.25, 0.3) is 11.8 Å². The van der Waals surface area contributed by atoms with E-state index >= 15 is 0 Å². The summed E-state index contributed by atoms with van der Waals surface area (Å²) in [6.07, 6.45) is 4.41. The van der Waals surface area contributed by atoms with Crippen molar-refractivity contribution in [2.75, 3.05) is 31.2 Å². The first-order valence-corrected chi connectivity index (χ1v) is 9.70. The van der Waals surface area contributed by atoms with Gasteiger partial charge in [-0.3, -0.25) is 24.4 Å². The lowest BCUT2D eigenvalue weighted by Gasteiger charge is -2.34. The predicted octanol–water partition coefficient (Wildman–Crippen LogP) is 0.0203. The molecule has 1 saturated heterocycles. The van der Waals surface area contributed by atoms with E-state index in [1.165, 1.54) is 47.9 Å². The molecular formula is C20H20FN7O3. The van der Waals surface area contributed by atoms with Gasteiger partial charge in [0, 0.05) is 45.0 Å². The molecule has 0 saturated carbocycles. The van der Waals surface area contributed by atoms with Crippen LogP contribution in [0.25, 0.3) is 0 Å². The number of amides is 3. The number of anilines is 1. The molecule has 1 fully saturated rings. The van der Waals surface area contributed by atoms with Crippen LogP contribution in [0.4, 0.5) is 10.1 Å². The van der Waals surface area contributed by atoms with Gasteiger partial charge in [-0.25, -0.2) is 9.37 Å². The zero-order chi connectivity index (χ0) is 22.0. The molecule has 4 rings (SSSR count). The predicted molar refractivity (Wildman–Crippen MR) is 108 cm³/mol. The molecule has 1 atom stereocenters. The molecule has 11 heteroatoms. The fourth-order valence-corrected chi connectivity index (χ4v) is 3.56. The summed E-state index contributed by atoms with van der Waals surface area (Å²) in [7, 11) is 0. The molecule has 31 heavy (non-hydrogen) atoms. The van der Waals surface area contributed by atoms with Gasteiger partial charge in [-0.05, 0) is 24.3 Å². The lowest BCUT2D eigenvalue weighted by molar-refractivity contribution is -0.125. The summed E-state index contributed by atoms with van der Waals surface area (Å²) in [4.78, 5) is 48.5. The van der Waals surface area contributed by atoms with Gasteiger partial charge >= 0.3 is 0 Å². The van der Waals surface area contributed by atoms with E-state index in [0.29, 0.717) is 31.9 Å². The maximum absolute atomic E-state index is 13.2. The fourth-order valence-electron chi connectivity index (χ4n) is 3.56. The SMILES string of the molecule is NC(=O)C1CC(C(=O)N2CCN(C(=O)c3cnccn3)CC2)=NN1c1ccc(F)cc1. The molecule has 0 aliphatic carbocycles. The molecule has 10 nitrogen and oxygen atoms in total. The minimum absolute atomic E-state index is 0.0598. The van der Waals surface area contributed by atoms with E-state index in [2.05, 4.69) is 15.1 Å². The number of carbonyl (C=O) groups is 3. The summed E-state index contributed by atoms with van der Waals surface area (Å²) in [6, 6.07) is 4.61. The van der Waals surface area contributed by atoms with Crippen molar-refractivity contribution in [3.8, 4) is 0 Å². The largest absolute Gasteiger partial charge is 0.368 e. The Morgan fingerprint density at radius 2 is 1.61 bits per heavy atom. The Morgan fingerprint density at radius 3 is 2.19 bits per heavy atom. The highest BCUT2D eigenvalue weighted by Gasteiger charge is 2.37. The topological polar surface area (TPSA) is 125 Å². The van der Waals surface area contributed by atoms with E-state index in [1.54, 1.807) is 9.80 Å². The van der Waals surface area contributed by atoms with Crippen molar-refractivity contribution in [3.05, 3.63) is 54.4 Å². The quantitative estimate of drug-likeness (QED) is 0.736. The van der Waals surface area contributed by atoms with Gasteiger partial charge in [0.1, 0.15) is 23.3 Å². The van der Waals surface area contributed by atoms with Crippen molar-refractivity contribution in [2.24, 2.45) is 10.8 Å². The average Bonchev–Trinajstić information content (AvgIpc) is 3.25. The van der Waals surface area contributed by atoms with Gasteiger partial charge < -0.3 is 15.5 Å². The molecule has 2 N–H and O–H groups in total. The van der Waals surface area contributed by atoms with Crippen LogP contribution in [-0.4, -0.2) is 75.4 Å². The average molecular weight is 425 g/mol. The molecule has 0 spiro atoms. The first-order chi connectivity index (χ1) is 14.9. The molecule has 2 aromatic rings. The Hall–Kier alpha value is -3.89. The highest BCUT2D eigenvalue weighted by molar-refractivity contribution is 6.40. The third-order valence-corrected chi connectivity index (χ3v) is 5.21. The summed E-state index contributed by atoms with van der Waals surface area (Å²) >= 11 is 0. The maximum atomic E-state index is 13.2. The molecule has 0 radical (unpaired) electrons. The van der Waals surface area contributed by atoms with Crippen LogP contribution in [0.1, 0.15) is 16.9 Å². The summed E-state index contributed by atoms with van der Waals surface area (Å²) in [5, 5.41) is 5.65. The second-order valence-electron chi connectivity index (χ2n) is 7.17. The molecular weight excluding hydrogens is 405 g/mol. The van der Waals surface area contributed by atoms with Crippen molar-refractivity contribution in [1.82, 2.24) is 19.8 Å². The normalized spacial score (nSPS) is 18.7. The number of hydrogen-bond donors (Lipinski definition) is 1. The van der Waals surface area contributed by atoms with E-state index in [4.69, 9.17) is 5.73 Å². The van der Waals surface area contributed by atoms with Gasteiger partial charge in [-0.1, -0.05) is 0 Å². The van der Waals surface area contributed by atoms with Crippen LogP contribution in [0.3, 0.4) is 0 Å². The lowest BCUT2D eigenvalue weighted by Crippen LogP contribution is -2.52. The lowest BCUT2D eigenvalue weighted by atomic mass is 10.1. The number of hydrogen-bond acceptors (Lipinski definition) is 7. The molecule has 3 heterocycles. The van der Waals surface area contributed by atoms with E-state index < -0.39 is 17.8 Å². The second-order valence-corrected chi connectivity index (χ2v) is 7.17. The standard InChI is InChI=1S/C20H20FN7O3/c21-13-1-3-14(4-2-13)28-17(18(22)29)11-15(25-28)19(30)26-7-9-27(10-8-26)20(31)16-12-23-5-6-24-16/h1-6,12,17H,7-11H2,(H2,22,29). The van der Waals surface area contributed by atoms with Crippen LogP contribution < -0.4 is 10.7 Å². The van der Waals surface area contributed by atoms with Crippen LogP contribution in [0, 0.1) is 5.82 Å². The van der Waals surface area contributed by atoms with Gasteiger partial charge in [0.05, 0.1) is 11.9 Å². The van der Waals surface area contributed by atoms with Gasteiger partial charge in [-0.2, -0.15) is 5.10 Å². The monoisotopic (exact) mass is 425 g/mol. The minimum atomic E-state index is -0.830. The maximum Gasteiger partial charge on any atom is 0.274 e. The van der Waals surface area contributed by atoms with Gasteiger partial charge in [0.2, 0.25) is 5.91 Å². The van der Waals surface area contributed by atoms with Crippen LogP contribution in [0.2, 0.25) is 0 Å². The number of halogens is 1. The van der Waals surface area contributed by atoms with E-state index in [9.17, 15) is 18.8 Å². The molecule has 0 bridgehead atoms. The van der Waals surface area contributed by atoms with Crippen molar-refractivity contribution < 1.29 is 18.8 Å². The van der Waals surface area contributed by atoms with Crippen molar-refractivity contribution in [2.45, 2.75) is 12.5 Å². The molecule has 1 unspecified atom stereocenters. The van der Waals surface area contributed by atoms with Crippen molar-refractivity contribution >= 4 is 29.1 Å². The molecule has 160 valence electrons. The number of rotatable bonds is 4. The summed E-state index contributed by atoms with van der Waals surface area (Å²) in [5.74, 6) is -1.61. The Bertz CT molecular complexity index is 1020. The number of nitrogens with zero attached hydrogens (tertiary/aromatic N) is 6. The molecule has 2 aliphatic rings. The molecule has 3 amide bonds. The Balaban J connectivity index is 1.43. The van der Waals surface area contributed by atoms with Crippen LogP contribution in [0.15, 0.2) is 48.0 Å². The Kier molecular flexibility index (Phi) is 5.56. The van der Waals surface area contributed by atoms with Crippen molar-refractivity contribution in [3.63, 3.8) is 0 Å². The van der Waals surface area contributed by atoms with Crippen molar-refractivity contribution in [1.29, 1.82) is 0 Å². The zero-order valence-electron chi connectivity index (χ0n) is 16.5. The number of piperazine rings is 1. The highest BCUT2D eigenvalue weighted by Crippen LogP contribution is 2.25. The van der Waals surface area contributed by atoms with Crippen LogP contribution in [-0.2, 0) is 9.59 Å². The third-order valence-electron chi connectivity index (χ3n) is 5.21. The second kappa shape index (κ2) is 8.46. The third kappa shape index (κ3) is 4.20. The number of hydrazone groups is 1.